The average Bonchev–Trinajstić information content (AvgIpc) is 3.37. The van der Waals surface area contributed by atoms with E-state index in [1.165, 1.54) is 16.6 Å². The smallest absolute Gasteiger partial charge is 0.277 e. The van der Waals surface area contributed by atoms with Crippen LogP contribution in [0.2, 0.25) is 0 Å². The van der Waals surface area contributed by atoms with Crippen molar-refractivity contribution < 1.29 is 13.6 Å². The Morgan fingerprint density at radius 2 is 2.36 bits per heavy atom. The van der Waals surface area contributed by atoms with Crippen LogP contribution >= 0.6 is 23.1 Å². The summed E-state index contributed by atoms with van der Waals surface area (Å²) in [5.74, 6) is 1.56. The molecule has 0 saturated carbocycles. The van der Waals surface area contributed by atoms with E-state index in [1.54, 1.807) is 23.7 Å². The van der Waals surface area contributed by atoms with Crippen molar-refractivity contribution in [2.45, 2.75) is 31.0 Å². The lowest BCUT2D eigenvalue weighted by atomic mass is 10.2. The maximum absolute atomic E-state index is 12.6. The van der Waals surface area contributed by atoms with Gasteiger partial charge < -0.3 is 13.7 Å². The Hall–Kier alpha value is -2.06. The number of carbonyl (C=O) groups excluding carboxylic acids is 1. The Balaban J connectivity index is 1.39. The summed E-state index contributed by atoms with van der Waals surface area (Å²) >= 11 is 2.99. The fourth-order valence-electron chi connectivity index (χ4n) is 3.03. The summed E-state index contributed by atoms with van der Waals surface area (Å²) in [5, 5.41) is 10.5. The van der Waals surface area contributed by atoms with E-state index in [-0.39, 0.29) is 11.9 Å². The Bertz CT molecular complexity index is 856. The molecule has 130 valence electrons. The minimum Gasteiger partial charge on any atom is -0.469 e. The third kappa shape index (κ3) is 3.36. The quantitative estimate of drug-likeness (QED) is 0.624. The molecule has 4 rings (SSSR count). The Kier molecular flexibility index (Phi) is 4.63. The van der Waals surface area contributed by atoms with E-state index in [1.807, 2.05) is 17.9 Å². The van der Waals surface area contributed by atoms with Gasteiger partial charge in [-0.1, -0.05) is 17.8 Å². The molecule has 1 saturated heterocycles. The zero-order valence-corrected chi connectivity index (χ0v) is 15.3. The number of furan rings is 1. The van der Waals surface area contributed by atoms with Crippen molar-refractivity contribution in [3.05, 3.63) is 40.5 Å². The third-order valence-electron chi connectivity index (χ3n) is 4.26. The normalized spacial score (nSPS) is 17.3. The van der Waals surface area contributed by atoms with Gasteiger partial charge in [0.1, 0.15) is 5.76 Å². The standard InChI is InChI=1S/C17H17N3O3S2/c1-11-12(6-8-22-11)16-18-19-17(23-16)25-10-15(21)20-7-2-4-13(20)14-5-3-9-24-14/h3,5-6,8-9,13H,2,4,7,10H2,1H3. The second-order valence-corrected chi connectivity index (χ2v) is 7.72. The van der Waals surface area contributed by atoms with Gasteiger partial charge in [0.05, 0.1) is 23.6 Å². The van der Waals surface area contributed by atoms with E-state index in [0.717, 1.165) is 30.7 Å². The molecule has 25 heavy (non-hydrogen) atoms. The van der Waals surface area contributed by atoms with Crippen molar-refractivity contribution in [3.8, 4) is 11.5 Å². The first-order valence-electron chi connectivity index (χ1n) is 8.06. The van der Waals surface area contributed by atoms with Crippen LogP contribution in [-0.4, -0.2) is 33.3 Å². The van der Waals surface area contributed by atoms with Crippen molar-refractivity contribution in [1.82, 2.24) is 15.1 Å². The minimum atomic E-state index is 0.111. The molecule has 1 unspecified atom stereocenters. The number of rotatable bonds is 5. The Morgan fingerprint density at radius 3 is 3.12 bits per heavy atom. The summed E-state index contributed by atoms with van der Waals surface area (Å²) in [6.45, 7) is 2.65. The van der Waals surface area contributed by atoms with Crippen molar-refractivity contribution in [3.63, 3.8) is 0 Å². The number of aryl methyl sites for hydroxylation is 1. The molecule has 6 nitrogen and oxygen atoms in total. The lowest BCUT2D eigenvalue weighted by Gasteiger charge is -2.23. The summed E-state index contributed by atoms with van der Waals surface area (Å²) in [7, 11) is 0. The number of hydrogen-bond acceptors (Lipinski definition) is 7. The van der Waals surface area contributed by atoms with Crippen LogP contribution in [0.1, 0.15) is 29.5 Å². The number of thioether (sulfide) groups is 1. The van der Waals surface area contributed by atoms with Crippen molar-refractivity contribution in [2.75, 3.05) is 12.3 Å². The molecular weight excluding hydrogens is 358 g/mol. The molecule has 1 fully saturated rings. The van der Waals surface area contributed by atoms with Gasteiger partial charge in [-0.3, -0.25) is 4.79 Å². The molecule has 3 aromatic heterocycles. The molecule has 1 aliphatic rings. The number of likely N-dealkylation sites (tertiary alicyclic amines) is 1. The molecule has 8 heteroatoms. The topological polar surface area (TPSA) is 72.4 Å². The average molecular weight is 375 g/mol. The van der Waals surface area contributed by atoms with Crippen molar-refractivity contribution in [2.24, 2.45) is 0 Å². The largest absolute Gasteiger partial charge is 0.469 e. The van der Waals surface area contributed by atoms with Gasteiger partial charge in [0.2, 0.25) is 5.91 Å². The molecule has 1 amide bonds. The van der Waals surface area contributed by atoms with E-state index in [2.05, 4.69) is 21.6 Å². The van der Waals surface area contributed by atoms with E-state index in [4.69, 9.17) is 8.83 Å². The number of amides is 1. The Labute approximate surface area is 153 Å². The summed E-state index contributed by atoms with van der Waals surface area (Å²) in [6.07, 6.45) is 3.66. The Morgan fingerprint density at radius 1 is 1.44 bits per heavy atom. The summed E-state index contributed by atoms with van der Waals surface area (Å²) in [4.78, 5) is 15.8. The zero-order valence-electron chi connectivity index (χ0n) is 13.7. The first-order valence-corrected chi connectivity index (χ1v) is 9.92. The molecule has 0 N–H and O–H groups in total. The zero-order chi connectivity index (χ0) is 17.2. The highest BCUT2D eigenvalue weighted by Crippen LogP contribution is 2.35. The van der Waals surface area contributed by atoms with Gasteiger partial charge >= 0.3 is 0 Å². The van der Waals surface area contributed by atoms with Crippen LogP contribution in [0.25, 0.3) is 11.5 Å². The predicted octanol–water partition coefficient (Wildman–Crippen LogP) is 4.16. The lowest BCUT2D eigenvalue weighted by molar-refractivity contribution is -0.129. The third-order valence-corrected chi connectivity index (χ3v) is 6.04. The van der Waals surface area contributed by atoms with Gasteiger partial charge in [-0.05, 0) is 37.3 Å². The SMILES string of the molecule is Cc1occc1-c1nnc(SCC(=O)N2CCCC2c2cccs2)o1. The van der Waals surface area contributed by atoms with E-state index >= 15 is 0 Å². The van der Waals surface area contributed by atoms with Gasteiger partial charge in [0.15, 0.2) is 0 Å². The monoisotopic (exact) mass is 375 g/mol. The summed E-state index contributed by atoms with van der Waals surface area (Å²) < 4.78 is 10.9. The molecule has 4 heterocycles. The first-order chi connectivity index (χ1) is 12.2. The molecule has 0 aromatic carbocycles. The maximum atomic E-state index is 12.6. The lowest BCUT2D eigenvalue weighted by Crippen LogP contribution is -2.31. The molecule has 3 aromatic rings. The van der Waals surface area contributed by atoms with E-state index < -0.39 is 0 Å². The highest BCUT2D eigenvalue weighted by Gasteiger charge is 2.30. The summed E-state index contributed by atoms with van der Waals surface area (Å²) in [5.41, 5.74) is 0.781. The second kappa shape index (κ2) is 7.05. The molecule has 0 aliphatic carbocycles. The highest BCUT2D eigenvalue weighted by molar-refractivity contribution is 7.99. The van der Waals surface area contributed by atoms with Crippen LogP contribution in [0.5, 0.6) is 0 Å². The van der Waals surface area contributed by atoms with Crippen LogP contribution in [-0.2, 0) is 4.79 Å². The molecule has 0 bridgehead atoms. The van der Waals surface area contributed by atoms with Crippen LogP contribution < -0.4 is 0 Å². The van der Waals surface area contributed by atoms with Crippen LogP contribution in [0.15, 0.2) is 43.9 Å². The van der Waals surface area contributed by atoms with Gasteiger partial charge in [-0.15, -0.1) is 21.5 Å². The van der Waals surface area contributed by atoms with Gasteiger partial charge in [-0.25, -0.2) is 0 Å². The van der Waals surface area contributed by atoms with Gasteiger partial charge in [-0.2, -0.15) is 0 Å². The maximum Gasteiger partial charge on any atom is 0.277 e. The van der Waals surface area contributed by atoms with Crippen molar-refractivity contribution in [1.29, 1.82) is 0 Å². The number of hydrogen-bond donors (Lipinski definition) is 0. The van der Waals surface area contributed by atoms with E-state index in [9.17, 15) is 4.79 Å². The van der Waals surface area contributed by atoms with E-state index in [0.29, 0.717) is 16.9 Å². The fraction of sp³-hybridized carbons (Fsp3) is 0.353. The van der Waals surface area contributed by atoms with Gasteiger partial charge in [0.25, 0.3) is 11.1 Å². The first kappa shape index (κ1) is 16.4. The molecule has 0 spiro atoms. The second-order valence-electron chi connectivity index (χ2n) is 5.81. The predicted molar refractivity (Wildman–Crippen MR) is 95.5 cm³/mol. The fourth-order valence-corrected chi connectivity index (χ4v) is 4.55. The summed E-state index contributed by atoms with van der Waals surface area (Å²) in [6, 6.07) is 6.14. The van der Waals surface area contributed by atoms with Crippen molar-refractivity contribution >= 4 is 29.0 Å². The number of thiophene rings is 1. The van der Waals surface area contributed by atoms with Gasteiger partial charge in [0, 0.05) is 11.4 Å². The van der Waals surface area contributed by atoms with Crippen LogP contribution in [0.4, 0.5) is 0 Å². The molecule has 1 atom stereocenters. The number of nitrogens with zero attached hydrogens (tertiary/aromatic N) is 3. The molecule has 0 radical (unpaired) electrons. The van der Waals surface area contributed by atoms with Crippen LogP contribution in [0.3, 0.4) is 0 Å². The molecular formula is C17H17N3O3S2. The number of carbonyl (C=O) groups is 1. The highest BCUT2D eigenvalue weighted by atomic mass is 32.2. The minimum absolute atomic E-state index is 0.111. The molecule has 1 aliphatic heterocycles. The van der Waals surface area contributed by atoms with Crippen LogP contribution in [0, 0.1) is 6.92 Å². The number of aromatic nitrogens is 2.